The molecule has 0 saturated heterocycles. The van der Waals surface area contributed by atoms with Crippen LogP contribution in [0.4, 0.5) is 0 Å². The van der Waals surface area contributed by atoms with Gasteiger partial charge in [0.2, 0.25) is 0 Å². The van der Waals surface area contributed by atoms with E-state index in [2.05, 4.69) is 182 Å². The second kappa shape index (κ2) is 12.2. The first-order valence-electron chi connectivity index (χ1n) is 18.2. The van der Waals surface area contributed by atoms with Crippen molar-refractivity contribution >= 4 is 43.6 Å². The van der Waals surface area contributed by atoms with Gasteiger partial charge in [-0.2, -0.15) is 0 Å². The van der Waals surface area contributed by atoms with E-state index in [0.29, 0.717) is 0 Å². The normalized spacial score (nSPS) is 11.7. The van der Waals surface area contributed by atoms with Gasteiger partial charge in [-0.3, -0.25) is 9.97 Å². The van der Waals surface area contributed by atoms with Gasteiger partial charge in [0.05, 0.1) is 39.1 Å². The second-order valence-corrected chi connectivity index (χ2v) is 14.1. The van der Waals surface area contributed by atoms with E-state index < -0.39 is 0 Å². The number of benzene rings is 6. The molecule has 0 saturated carbocycles. The summed E-state index contributed by atoms with van der Waals surface area (Å²) in [6.45, 7) is 6.49. The van der Waals surface area contributed by atoms with Crippen molar-refractivity contribution in [3.05, 3.63) is 181 Å². The van der Waals surface area contributed by atoms with Crippen molar-refractivity contribution in [2.75, 3.05) is 0 Å². The number of para-hydroxylation sites is 3. The first-order chi connectivity index (χ1) is 26.0. The third-order valence-corrected chi connectivity index (χ3v) is 10.8. The summed E-state index contributed by atoms with van der Waals surface area (Å²) in [7, 11) is 0. The molecule has 0 aliphatic heterocycles. The van der Waals surface area contributed by atoms with E-state index in [4.69, 9.17) is 9.97 Å². The lowest BCUT2D eigenvalue weighted by molar-refractivity contribution is 1.16. The molecule has 0 fully saturated rings. The van der Waals surface area contributed by atoms with Crippen molar-refractivity contribution in [1.29, 1.82) is 0 Å². The Morgan fingerprint density at radius 2 is 1.00 bits per heavy atom. The van der Waals surface area contributed by atoms with E-state index in [9.17, 15) is 0 Å². The van der Waals surface area contributed by atoms with Crippen LogP contribution in [0.5, 0.6) is 0 Å². The Kier molecular flexibility index (Phi) is 7.12. The monoisotopic (exact) mass is 680 g/mol. The standard InChI is InChI=1S/C49H36N4/c1-31-19-26-47-41(27-31)39-14-6-7-15-44(39)52(47)36-23-20-32(2)40(28-36)42-24-21-34(29-50-42)35-22-25-43(51-30-35)49-33(3)11-10-18-48(49)53-45-16-8-4-12-37(45)38-13-5-9-17-46(38)53/h4-30H,1-3H3. The molecule has 0 radical (unpaired) electrons. The maximum atomic E-state index is 5.06. The SMILES string of the molecule is Cc1ccc2c(c1)c1ccccc1n2-c1ccc(C)c(-c2ccc(-c3ccc(-c4c(C)cccc4-n4c5ccccc5c5ccccc54)nc3)cn2)c1. The van der Waals surface area contributed by atoms with E-state index in [-0.39, 0.29) is 0 Å². The van der Waals surface area contributed by atoms with Crippen molar-refractivity contribution in [2.24, 2.45) is 0 Å². The summed E-state index contributed by atoms with van der Waals surface area (Å²) in [6.07, 6.45) is 3.95. The van der Waals surface area contributed by atoms with Crippen LogP contribution in [-0.2, 0) is 0 Å². The first-order valence-corrected chi connectivity index (χ1v) is 18.2. The summed E-state index contributed by atoms with van der Waals surface area (Å²) in [6, 6.07) is 54.5. The molecular formula is C49H36N4. The second-order valence-electron chi connectivity index (χ2n) is 14.1. The van der Waals surface area contributed by atoms with Crippen LogP contribution in [-0.4, -0.2) is 19.1 Å². The highest BCUT2D eigenvalue weighted by molar-refractivity contribution is 6.10. The molecule has 0 atom stereocenters. The van der Waals surface area contributed by atoms with Gasteiger partial charge in [0, 0.05) is 61.9 Å². The summed E-state index contributed by atoms with van der Waals surface area (Å²) in [5, 5.41) is 5.04. The molecule has 0 bridgehead atoms. The van der Waals surface area contributed by atoms with Gasteiger partial charge in [0.15, 0.2) is 0 Å². The number of nitrogens with zero attached hydrogens (tertiary/aromatic N) is 4. The molecule has 4 heterocycles. The molecule has 0 spiro atoms. The fourth-order valence-corrected chi connectivity index (χ4v) is 8.18. The van der Waals surface area contributed by atoms with Crippen LogP contribution in [0.1, 0.15) is 16.7 Å². The predicted molar refractivity (Wildman–Crippen MR) is 221 cm³/mol. The van der Waals surface area contributed by atoms with Gasteiger partial charge in [-0.15, -0.1) is 0 Å². The number of rotatable bonds is 5. The van der Waals surface area contributed by atoms with E-state index in [1.54, 1.807) is 0 Å². The molecule has 0 aliphatic rings. The fourth-order valence-electron chi connectivity index (χ4n) is 8.18. The number of aryl methyl sites for hydroxylation is 3. The van der Waals surface area contributed by atoms with Crippen molar-refractivity contribution in [3.63, 3.8) is 0 Å². The number of hydrogen-bond donors (Lipinski definition) is 0. The average Bonchev–Trinajstić information content (AvgIpc) is 3.71. The molecule has 0 aliphatic carbocycles. The third kappa shape index (κ3) is 4.98. The smallest absolute Gasteiger partial charge is 0.0726 e. The molecule has 10 rings (SSSR count). The zero-order chi connectivity index (χ0) is 35.6. The fraction of sp³-hybridized carbons (Fsp3) is 0.0612. The van der Waals surface area contributed by atoms with Gasteiger partial charge in [-0.25, -0.2) is 0 Å². The molecule has 4 nitrogen and oxygen atoms in total. The Morgan fingerprint density at radius 3 is 1.64 bits per heavy atom. The van der Waals surface area contributed by atoms with E-state index in [1.165, 1.54) is 60.3 Å². The maximum Gasteiger partial charge on any atom is 0.0726 e. The largest absolute Gasteiger partial charge is 0.309 e. The van der Waals surface area contributed by atoms with Gasteiger partial charge in [-0.1, -0.05) is 96.6 Å². The van der Waals surface area contributed by atoms with Gasteiger partial charge in [0.25, 0.3) is 0 Å². The Bertz CT molecular complexity index is 2960. The Hall–Kier alpha value is -6.78. The maximum absolute atomic E-state index is 5.06. The van der Waals surface area contributed by atoms with Crippen molar-refractivity contribution in [2.45, 2.75) is 20.8 Å². The molecular weight excluding hydrogens is 645 g/mol. The highest BCUT2D eigenvalue weighted by atomic mass is 15.0. The van der Waals surface area contributed by atoms with Crippen LogP contribution < -0.4 is 0 Å². The first kappa shape index (κ1) is 31.0. The number of hydrogen-bond acceptors (Lipinski definition) is 2. The van der Waals surface area contributed by atoms with Gasteiger partial charge in [-0.05, 0) is 92.6 Å². The van der Waals surface area contributed by atoms with E-state index in [0.717, 1.165) is 45.0 Å². The minimum Gasteiger partial charge on any atom is -0.309 e. The average molecular weight is 681 g/mol. The molecule has 4 heteroatoms. The highest BCUT2D eigenvalue weighted by Crippen LogP contribution is 2.38. The summed E-state index contributed by atoms with van der Waals surface area (Å²) in [5.74, 6) is 0. The Morgan fingerprint density at radius 1 is 0.415 bits per heavy atom. The molecule has 0 unspecified atom stereocenters. The lowest BCUT2D eigenvalue weighted by atomic mass is 10.0. The van der Waals surface area contributed by atoms with Crippen molar-refractivity contribution in [3.8, 4) is 45.0 Å². The predicted octanol–water partition coefficient (Wildman–Crippen LogP) is 12.6. The molecule has 0 amide bonds. The van der Waals surface area contributed by atoms with Crippen LogP contribution in [0, 0.1) is 20.8 Å². The molecule has 10 aromatic rings. The van der Waals surface area contributed by atoms with Gasteiger partial charge >= 0.3 is 0 Å². The van der Waals surface area contributed by atoms with Crippen LogP contribution in [0.2, 0.25) is 0 Å². The number of aromatic nitrogens is 4. The number of pyridine rings is 2. The minimum absolute atomic E-state index is 0.945. The summed E-state index contributed by atoms with van der Waals surface area (Å²) in [4.78, 5) is 10.1. The third-order valence-electron chi connectivity index (χ3n) is 10.8. The van der Waals surface area contributed by atoms with Crippen LogP contribution in [0.25, 0.3) is 88.6 Å². The Labute approximate surface area is 308 Å². The van der Waals surface area contributed by atoms with Gasteiger partial charge < -0.3 is 9.13 Å². The quantitative estimate of drug-likeness (QED) is 0.181. The number of fused-ring (bicyclic) bond motifs is 6. The van der Waals surface area contributed by atoms with Crippen LogP contribution >= 0.6 is 0 Å². The molecule has 252 valence electrons. The van der Waals surface area contributed by atoms with Crippen LogP contribution in [0.3, 0.4) is 0 Å². The summed E-state index contributed by atoms with van der Waals surface area (Å²) >= 11 is 0. The lowest BCUT2D eigenvalue weighted by Crippen LogP contribution is -2.00. The van der Waals surface area contributed by atoms with Crippen LogP contribution in [0.15, 0.2) is 164 Å². The summed E-state index contributed by atoms with van der Waals surface area (Å²) < 4.78 is 4.75. The molecule has 53 heavy (non-hydrogen) atoms. The van der Waals surface area contributed by atoms with E-state index >= 15 is 0 Å². The highest BCUT2D eigenvalue weighted by Gasteiger charge is 2.18. The minimum atomic E-state index is 0.945. The summed E-state index contributed by atoms with van der Waals surface area (Å²) in [5.41, 5.74) is 16.9. The molecule has 6 aromatic carbocycles. The zero-order valence-corrected chi connectivity index (χ0v) is 29.9. The van der Waals surface area contributed by atoms with E-state index in [1.807, 2.05) is 12.4 Å². The molecule has 0 N–H and O–H groups in total. The zero-order valence-electron chi connectivity index (χ0n) is 29.9. The topological polar surface area (TPSA) is 35.6 Å². The van der Waals surface area contributed by atoms with Crippen molar-refractivity contribution in [1.82, 2.24) is 19.1 Å². The lowest BCUT2D eigenvalue weighted by Gasteiger charge is -2.16. The Balaban J connectivity index is 1.00. The van der Waals surface area contributed by atoms with Crippen molar-refractivity contribution < 1.29 is 0 Å². The van der Waals surface area contributed by atoms with Gasteiger partial charge in [0.1, 0.15) is 0 Å². The molecule has 4 aromatic heterocycles.